The predicted molar refractivity (Wildman–Crippen MR) is 77.7 cm³/mol. The number of anilines is 2. The first-order valence-electron chi connectivity index (χ1n) is 4.93. The molecule has 5 heteroatoms. The Balaban J connectivity index is 1.83. The fraction of sp³-hybridized carbons (Fsp3) is 0. The van der Waals surface area contributed by atoms with Crippen LogP contribution in [0.2, 0.25) is 10.0 Å². The quantitative estimate of drug-likeness (QED) is 0.766. The van der Waals surface area contributed by atoms with Crippen molar-refractivity contribution in [1.82, 2.24) is 0 Å². The van der Waals surface area contributed by atoms with Gasteiger partial charge in [-0.3, -0.25) is 0 Å². The van der Waals surface area contributed by atoms with E-state index >= 15 is 0 Å². The van der Waals surface area contributed by atoms with E-state index in [4.69, 9.17) is 23.2 Å². The van der Waals surface area contributed by atoms with E-state index in [9.17, 15) is 0 Å². The molecule has 0 saturated heterocycles. The molecule has 0 aliphatic heterocycles. The second-order valence-corrected chi connectivity index (χ2v) is 4.81. The topological polar surface area (TPSA) is 24.1 Å². The van der Waals surface area contributed by atoms with Gasteiger partial charge in [-0.15, -0.1) is 0 Å². The molecule has 0 radical (unpaired) electrons. The van der Waals surface area contributed by atoms with Crippen LogP contribution in [-0.4, -0.2) is 0 Å². The third-order valence-corrected chi connectivity index (χ3v) is 3.21. The van der Waals surface area contributed by atoms with E-state index in [0.29, 0.717) is 0 Å². The van der Waals surface area contributed by atoms with Gasteiger partial charge in [-0.1, -0.05) is 23.2 Å². The van der Waals surface area contributed by atoms with Crippen molar-refractivity contribution in [3.05, 3.63) is 58.6 Å². The van der Waals surface area contributed by atoms with Crippen LogP contribution in [0.15, 0.2) is 48.5 Å². The number of hydrogen-bond acceptors (Lipinski definition) is 3. The van der Waals surface area contributed by atoms with E-state index in [1.54, 1.807) is 0 Å². The molecule has 0 aliphatic carbocycles. The summed E-state index contributed by atoms with van der Waals surface area (Å²) >= 11 is 13.0. The van der Waals surface area contributed by atoms with Crippen LogP contribution in [0.1, 0.15) is 0 Å². The number of hydrogen-bond donors (Lipinski definition) is 2. The highest BCUT2D eigenvalue weighted by Gasteiger charge is 1.94. The predicted octanol–water partition coefficient (Wildman–Crippen LogP) is 5.08. The summed E-state index contributed by atoms with van der Waals surface area (Å²) in [5.41, 5.74) is 1.97. The molecule has 2 N–H and O–H groups in total. The van der Waals surface area contributed by atoms with Gasteiger partial charge in [0.15, 0.2) is 0 Å². The summed E-state index contributed by atoms with van der Waals surface area (Å²) in [5.74, 6) is 0. The van der Waals surface area contributed by atoms with Crippen LogP contribution >= 0.6 is 35.3 Å². The van der Waals surface area contributed by atoms with E-state index in [-0.39, 0.29) is 0 Å². The van der Waals surface area contributed by atoms with Crippen LogP contribution in [0.5, 0.6) is 0 Å². The Bertz CT molecular complexity index is 425. The van der Waals surface area contributed by atoms with Crippen molar-refractivity contribution in [2.45, 2.75) is 0 Å². The summed E-state index contributed by atoms with van der Waals surface area (Å²) in [6.45, 7) is 0. The van der Waals surface area contributed by atoms with Gasteiger partial charge in [-0.25, -0.2) is 0 Å². The van der Waals surface area contributed by atoms with Crippen LogP contribution in [-0.2, 0) is 0 Å². The van der Waals surface area contributed by atoms with Crippen molar-refractivity contribution in [2.75, 3.05) is 9.44 Å². The molecule has 2 rings (SSSR count). The van der Waals surface area contributed by atoms with Crippen molar-refractivity contribution in [2.24, 2.45) is 0 Å². The summed E-state index contributed by atoms with van der Waals surface area (Å²) in [6, 6.07) is 15.0. The Labute approximate surface area is 115 Å². The van der Waals surface area contributed by atoms with E-state index in [1.165, 1.54) is 12.1 Å². The maximum absolute atomic E-state index is 5.79. The molecule has 17 heavy (non-hydrogen) atoms. The molecule has 88 valence electrons. The van der Waals surface area contributed by atoms with Gasteiger partial charge in [0, 0.05) is 21.4 Å². The van der Waals surface area contributed by atoms with Gasteiger partial charge >= 0.3 is 0 Å². The zero-order valence-corrected chi connectivity index (χ0v) is 11.1. The molecule has 0 fully saturated rings. The number of benzene rings is 2. The van der Waals surface area contributed by atoms with E-state index < -0.39 is 0 Å². The first-order valence-corrected chi connectivity index (χ1v) is 6.50. The molecule has 0 bridgehead atoms. The molecule has 0 unspecified atom stereocenters. The van der Waals surface area contributed by atoms with Crippen molar-refractivity contribution in [3.63, 3.8) is 0 Å². The Morgan fingerprint density at radius 1 is 0.647 bits per heavy atom. The maximum atomic E-state index is 5.79. The van der Waals surface area contributed by atoms with Gasteiger partial charge in [0.05, 0.1) is 12.1 Å². The third kappa shape index (κ3) is 4.04. The fourth-order valence-corrected chi connectivity index (χ4v) is 1.99. The highest BCUT2D eigenvalue weighted by atomic mass is 35.5. The largest absolute Gasteiger partial charge is 0.312 e. The summed E-state index contributed by atoms with van der Waals surface area (Å²) in [7, 11) is 0. The zero-order chi connectivity index (χ0) is 12.1. The lowest BCUT2D eigenvalue weighted by Gasteiger charge is -2.07. The van der Waals surface area contributed by atoms with Crippen LogP contribution in [0, 0.1) is 0 Å². The second-order valence-electron chi connectivity index (χ2n) is 3.32. The second kappa shape index (κ2) is 6.05. The average molecular weight is 285 g/mol. The van der Waals surface area contributed by atoms with Gasteiger partial charge in [0.2, 0.25) is 0 Å². The lowest BCUT2D eigenvalue weighted by atomic mass is 10.3. The SMILES string of the molecule is Clc1ccc(NSNc2ccc(Cl)cc2)cc1. The summed E-state index contributed by atoms with van der Waals surface area (Å²) < 4.78 is 6.30. The van der Waals surface area contributed by atoms with Crippen molar-refractivity contribution in [3.8, 4) is 0 Å². The number of halogens is 2. The van der Waals surface area contributed by atoms with E-state index in [2.05, 4.69) is 9.44 Å². The minimum Gasteiger partial charge on any atom is -0.312 e. The highest BCUT2D eigenvalue weighted by molar-refractivity contribution is 8.01. The Morgan fingerprint density at radius 2 is 1.00 bits per heavy atom. The molecule has 0 spiro atoms. The first kappa shape index (κ1) is 12.4. The molecule has 0 aromatic heterocycles. The number of rotatable bonds is 4. The molecule has 2 aromatic rings. The van der Waals surface area contributed by atoms with Crippen LogP contribution in [0.25, 0.3) is 0 Å². The van der Waals surface area contributed by atoms with Gasteiger partial charge in [-0.2, -0.15) is 0 Å². The van der Waals surface area contributed by atoms with Crippen molar-refractivity contribution in [1.29, 1.82) is 0 Å². The summed E-state index contributed by atoms with van der Waals surface area (Å²) in [5, 5.41) is 1.46. The zero-order valence-electron chi connectivity index (χ0n) is 8.78. The van der Waals surface area contributed by atoms with Gasteiger partial charge in [0.25, 0.3) is 0 Å². The minimum absolute atomic E-state index is 0.728. The van der Waals surface area contributed by atoms with Crippen molar-refractivity contribution >= 4 is 46.7 Å². The van der Waals surface area contributed by atoms with Gasteiger partial charge in [-0.05, 0) is 48.5 Å². The Morgan fingerprint density at radius 3 is 1.35 bits per heavy atom. The normalized spacial score (nSPS) is 10.0. The summed E-state index contributed by atoms with van der Waals surface area (Å²) in [6.07, 6.45) is 0. The maximum Gasteiger partial charge on any atom is 0.0655 e. The molecule has 0 atom stereocenters. The molecule has 0 aliphatic rings. The molecule has 2 nitrogen and oxygen atoms in total. The molecule has 0 saturated carbocycles. The van der Waals surface area contributed by atoms with Gasteiger partial charge < -0.3 is 9.44 Å². The minimum atomic E-state index is 0.728. The standard InChI is InChI=1S/C12H10Cl2N2S/c13-9-1-5-11(6-2-9)15-17-16-12-7-3-10(14)4-8-12/h1-8,15-16H. The number of nitrogens with one attached hydrogen (secondary N) is 2. The first-order chi connectivity index (χ1) is 8.24. The molecular formula is C12H10Cl2N2S. The Kier molecular flexibility index (Phi) is 4.42. The van der Waals surface area contributed by atoms with Gasteiger partial charge in [0.1, 0.15) is 0 Å². The Hall–Kier alpha value is -1.03. The smallest absolute Gasteiger partial charge is 0.0655 e. The molecule has 0 heterocycles. The van der Waals surface area contributed by atoms with Crippen LogP contribution in [0.4, 0.5) is 11.4 Å². The van der Waals surface area contributed by atoms with Crippen LogP contribution in [0.3, 0.4) is 0 Å². The lowest BCUT2D eigenvalue weighted by Crippen LogP contribution is -1.93. The molecule has 0 amide bonds. The monoisotopic (exact) mass is 284 g/mol. The highest BCUT2D eigenvalue weighted by Crippen LogP contribution is 2.19. The van der Waals surface area contributed by atoms with E-state index in [0.717, 1.165) is 21.4 Å². The summed E-state index contributed by atoms with van der Waals surface area (Å²) in [4.78, 5) is 0. The molecule has 2 aromatic carbocycles. The van der Waals surface area contributed by atoms with Crippen molar-refractivity contribution < 1.29 is 0 Å². The third-order valence-electron chi connectivity index (χ3n) is 2.03. The lowest BCUT2D eigenvalue weighted by molar-refractivity contribution is 1.66. The van der Waals surface area contributed by atoms with E-state index in [1.807, 2.05) is 48.5 Å². The molecular weight excluding hydrogens is 275 g/mol. The fourth-order valence-electron chi connectivity index (χ4n) is 1.18. The average Bonchev–Trinajstić information content (AvgIpc) is 2.34. The van der Waals surface area contributed by atoms with Crippen LogP contribution < -0.4 is 9.44 Å².